The number of carbonyl (C=O) groups excluding carboxylic acids is 1. The maximum atomic E-state index is 12.0. The highest BCUT2D eigenvalue weighted by Crippen LogP contribution is 2.24. The molecule has 0 aliphatic rings. The highest BCUT2D eigenvalue weighted by atomic mass is 35.5. The number of aryl methyl sites for hydroxylation is 1. The van der Waals surface area contributed by atoms with E-state index in [1.54, 1.807) is 29.5 Å². The third kappa shape index (κ3) is 4.17. The van der Waals surface area contributed by atoms with Gasteiger partial charge in [0.1, 0.15) is 11.5 Å². The lowest BCUT2D eigenvalue weighted by atomic mass is 10.1. The van der Waals surface area contributed by atoms with Crippen LogP contribution in [-0.4, -0.2) is 10.9 Å². The molecule has 1 amide bonds. The van der Waals surface area contributed by atoms with Gasteiger partial charge in [0, 0.05) is 15.4 Å². The largest absolute Gasteiger partial charge is 0.458 e. The molecule has 1 aromatic carbocycles. The molecule has 0 fully saturated rings. The van der Waals surface area contributed by atoms with E-state index in [9.17, 15) is 4.79 Å². The second-order valence-corrected chi connectivity index (χ2v) is 7.11. The molecule has 0 spiro atoms. The summed E-state index contributed by atoms with van der Waals surface area (Å²) < 4.78 is 5.71. The van der Waals surface area contributed by atoms with Crippen LogP contribution in [0.5, 0.6) is 0 Å². The summed E-state index contributed by atoms with van der Waals surface area (Å²) >= 11 is 13.5. The molecule has 7 heteroatoms. The lowest BCUT2D eigenvalue weighted by Crippen LogP contribution is -2.24. The van der Waals surface area contributed by atoms with Crippen LogP contribution in [0.3, 0.4) is 0 Å². The highest BCUT2D eigenvalue weighted by Gasteiger charge is 2.10. The van der Waals surface area contributed by atoms with Gasteiger partial charge in [0.2, 0.25) is 5.91 Å². The first-order valence-electron chi connectivity index (χ1n) is 7.23. The number of hydrogen-bond acceptors (Lipinski definition) is 4. The number of amides is 1. The fourth-order valence-electron chi connectivity index (χ4n) is 2.17. The summed E-state index contributed by atoms with van der Waals surface area (Å²) in [6, 6.07) is 8.77. The number of thiazole rings is 1. The van der Waals surface area contributed by atoms with E-state index in [0.717, 1.165) is 16.3 Å². The van der Waals surface area contributed by atoms with Crippen LogP contribution in [0.2, 0.25) is 10.0 Å². The van der Waals surface area contributed by atoms with E-state index >= 15 is 0 Å². The first kappa shape index (κ1) is 17.0. The van der Waals surface area contributed by atoms with E-state index < -0.39 is 0 Å². The minimum Gasteiger partial charge on any atom is -0.458 e. The number of nitrogens with one attached hydrogen (secondary N) is 1. The van der Waals surface area contributed by atoms with Gasteiger partial charge in [-0.1, -0.05) is 29.3 Å². The molecule has 24 heavy (non-hydrogen) atoms. The van der Waals surface area contributed by atoms with Crippen molar-refractivity contribution in [1.82, 2.24) is 10.3 Å². The smallest absolute Gasteiger partial charge is 0.224 e. The van der Waals surface area contributed by atoms with Gasteiger partial charge in [0.25, 0.3) is 0 Å². The molecule has 0 saturated heterocycles. The normalized spacial score (nSPS) is 10.8. The predicted octanol–water partition coefficient (Wildman–Crippen LogP) is 4.88. The Morgan fingerprint density at radius 1 is 1.29 bits per heavy atom. The summed E-state index contributed by atoms with van der Waals surface area (Å²) in [5.74, 6) is 1.23. The second kappa shape index (κ2) is 7.38. The number of rotatable bonds is 5. The van der Waals surface area contributed by atoms with Crippen molar-refractivity contribution in [2.45, 2.75) is 19.9 Å². The first-order valence-corrected chi connectivity index (χ1v) is 8.86. The van der Waals surface area contributed by atoms with E-state index in [1.807, 2.05) is 24.4 Å². The fourth-order valence-corrected chi connectivity index (χ4v) is 3.25. The van der Waals surface area contributed by atoms with Gasteiger partial charge in [-0.25, -0.2) is 4.98 Å². The molecule has 3 rings (SSSR count). The average molecular weight is 381 g/mol. The summed E-state index contributed by atoms with van der Waals surface area (Å²) in [4.78, 5) is 16.4. The minimum absolute atomic E-state index is 0.137. The monoisotopic (exact) mass is 380 g/mol. The molecular formula is C17H14Cl2N2O2S. The van der Waals surface area contributed by atoms with Crippen LogP contribution in [0.1, 0.15) is 16.3 Å². The van der Waals surface area contributed by atoms with Crippen LogP contribution < -0.4 is 5.32 Å². The zero-order valence-corrected chi connectivity index (χ0v) is 15.1. The van der Waals surface area contributed by atoms with Crippen LogP contribution in [0.15, 0.2) is 40.1 Å². The Bertz CT molecular complexity index is 873. The summed E-state index contributed by atoms with van der Waals surface area (Å²) in [6.45, 7) is 2.26. The lowest BCUT2D eigenvalue weighted by Gasteiger charge is -2.06. The Hall–Kier alpha value is -1.82. The van der Waals surface area contributed by atoms with Gasteiger partial charge in [-0.3, -0.25) is 4.79 Å². The van der Waals surface area contributed by atoms with Crippen LogP contribution >= 0.6 is 34.5 Å². The Morgan fingerprint density at radius 2 is 2.12 bits per heavy atom. The number of benzene rings is 1. The Labute approximate surface area is 153 Å². The van der Waals surface area contributed by atoms with Crippen LogP contribution in [-0.2, 0) is 17.8 Å². The number of carbonyl (C=O) groups is 1. The second-order valence-electron chi connectivity index (χ2n) is 5.21. The standard InChI is InChI=1S/C17H14Cl2N2O2S/c1-10-21-15(9-24-10)16-5-4-13(23-16)8-20-17(22)6-11-2-3-12(18)7-14(11)19/h2-5,7,9H,6,8H2,1H3,(H,20,22). The molecule has 2 heterocycles. The molecule has 0 aliphatic heterocycles. The molecule has 124 valence electrons. The van der Waals surface area contributed by atoms with E-state index in [-0.39, 0.29) is 12.3 Å². The van der Waals surface area contributed by atoms with Gasteiger partial charge < -0.3 is 9.73 Å². The molecule has 0 unspecified atom stereocenters. The zero-order valence-electron chi connectivity index (χ0n) is 12.8. The highest BCUT2D eigenvalue weighted by molar-refractivity contribution is 7.09. The quantitative estimate of drug-likeness (QED) is 0.686. The zero-order chi connectivity index (χ0) is 17.1. The topological polar surface area (TPSA) is 55.1 Å². The minimum atomic E-state index is -0.137. The Balaban J connectivity index is 1.57. The Morgan fingerprint density at radius 3 is 2.83 bits per heavy atom. The summed E-state index contributed by atoms with van der Waals surface area (Å²) in [5.41, 5.74) is 1.54. The number of nitrogens with zero attached hydrogens (tertiary/aromatic N) is 1. The Kier molecular flexibility index (Phi) is 5.23. The van der Waals surface area contributed by atoms with Crippen molar-refractivity contribution in [3.8, 4) is 11.5 Å². The molecule has 0 aliphatic carbocycles. The van der Waals surface area contributed by atoms with Crippen LogP contribution in [0.4, 0.5) is 0 Å². The van der Waals surface area contributed by atoms with E-state index in [4.69, 9.17) is 27.6 Å². The molecule has 2 aromatic heterocycles. The van der Waals surface area contributed by atoms with Gasteiger partial charge in [-0.05, 0) is 36.8 Å². The maximum Gasteiger partial charge on any atom is 0.224 e. The van der Waals surface area contributed by atoms with Crippen molar-refractivity contribution >= 4 is 40.4 Å². The molecule has 0 saturated carbocycles. The molecule has 3 aromatic rings. The van der Waals surface area contributed by atoms with E-state index in [2.05, 4.69) is 10.3 Å². The summed E-state index contributed by atoms with van der Waals surface area (Å²) in [7, 11) is 0. The fraction of sp³-hybridized carbons (Fsp3) is 0.176. The third-order valence-corrected chi connectivity index (χ3v) is 4.72. The van der Waals surface area contributed by atoms with Crippen molar-refractivity contribution in [3.63, 3.8) is 0 Å². The van der Waals surface area contributed by atoms with Gasteiger partial charge in [-0.15, -0.1) is 11.3 Å². The van der Waals surface area contributed by atoms with Crippen molar-refractivity contribution in [1.29, 1.82) is 0 Å². The van der Waals surface area contributed by atoms with Gasteiger partial charge in [0.05, 0.1) is 18.0 Å². The number of hydrogen-bond donors (Lipinski definition) is 1. The number of halogens is 2. The molecule has 4 nitrogen and oxygen atoms in total. The molecule has 0 bridgehead atoms. The lowest BCUT2D eigenvalue weighted by molar-refractivity contribution is -0.120. The first-order chi connectivity index (χ1) is 11.5. The molecule has 0 radical (unpaired) electrons. The van der Waals surface area contributed by atoms with Crippen molar-refractivity contribution < 1.29 is 9.21 Å². The average Bonchev–Trinajstić information content (AvgIpc) is 3.17. The van der Waals surface area contributed by atoms with Crippen molar-refractivity contribution in [2.24, 2.45) is 0 Å². The van der Waals surface area contributed by atoms with E-state index in [0.29, 0.717) is 28.1 Å². The SMILES string of the molecule is Cc1nc(-c2ccc(CNC(=O)Cc3ccc(Cl)cc3Cl)o2)cs1. The number of furan rings is 1. The van der Waals surface area contributed by atoms with Gasteiger partial charge >= 0.3 is 0 Å². The summed E-state index contributed by atoms with van der Waals surface area (Å²) in [5, 5.41) is 6.77. The molecule has 0 atom stereocenters. The summed E-state index contributed by atoms with van der Waals surface area (Å²) in [6.07, 6.45) is 0.189. The van der Waals surface area contributed by atoms with E-state index in [1.165, 1.54) is 0 Å². The van der Waals surface area contributed by atoms with Crippen LogP contribution in [0, 0.1) is 6.92 Å². The van der Waals surface area contributed by atoms with Crippen LogP contribution in [0.25, 0.3) is 11.5 Å². The number of aromatic nitrogens is 1. The van der Waals surface area contributed by atoms with Gasteiger partial charge in [-0.2, -0.15) is 0 Å². The molecular weight excluding hydrogens is 367 g/mol. The van der Waals surface area contributed by atoms with Crippen molar-refractivity contribution in [2.75, 3.05) is 0 Å². The third-order valence-electron chi connectivity index (χ3n) is 3.36. The van der Waals surface area contributed by atoms with Crippen molar-refractivity contribution in [3.05, 3.63) is 62.1 Å². The van der Waals surface area contributed by atoms with Gasteiger partial charge in [0.15, 0.2) is 5.76 Å². The molecule has 1 N–H and O–H groups in total. The maximum absolute atomic E-state index is 12.0. The predicted molar refractivity (Wildman–Crippen MR) is 96.6 cm³/mol.